The van der Waals surface area contributed by atoms with Crippen molar-refractivity contribution in [2.75, 3.05) is 5.32 Å². The van der Waals surface area contributed by atoms with Gasteiger partial charge in [0.1, 0.15) is 11.2 Å². The molecule has 1 N–H and O–H groups in total. The molecule has 0 saturated carbocycles. The lowest BCUT2D eigenvalue weighted by Gasteiger charge is -2.40. The van der Waals surface area contributed by atoms with Crippen molar-refractivity contribution in [1.82, 2.24) is 0 Å². The van der Waals surface area contributed by atoms with Crippen LogP contribution in [-0.4, -0.2) is 0 Å². The summed E-state index contributed by atoms with van der Waals surface area (Å²) in [6.07, 6.45) is 0. The van der Waals surface area contributed by atoms with Crippen LogP contribution in [0, 0.1) is 0 Å². The fourth-order valence-corrected chi connectivity index (χ4v) is 9.01. The summed E-state index contributed by atoms with van der Waals surface area (Å²) in [7, 11) is 0. The Morgan fingerprint density at radius 2 is 1.16 bits per heavy atom. The number of hydrogen-bond donors (Lipinski definition) is 1. The van der Waals surface area contributed by atoms with E-state index < -0.39 is 5.41 Å². The fraction of sp³-hybridized carbons (Fsp3) is 0.0244. The highest BCUT2D eigenvalue weighted by molar-refractivity contribution is 7.99. The number of hydrogen-bond acceptors (Lipinski definition) is 3. The molecule has 0 amide bonds. The number of rotatable bonds is 2. The Labute approximate surface area is 259 Å². The summed E-state index contributed by atoms with van der Waals surface area (Å²) in [5.41, 5.74) is 11.4. The van der Waals surface area contributed by atoms with Gasteiger partial charge in [0.2, 0.25) is 0 Å². The lowest BCUT2D eigenvalue weighted by Crippen LogP contribution is -2.32. The summed E-state index contributed by atoms with van der Waals surface area (Å²) in [5.74, 6) is 0. The molecular weight excluding hydrogens is 555 g/mol. The Kier molecular flexibility index (Phi) is 4.89. The van der Waals surface area contributed by atoms with Gasteiger partial charge in [0.05, 0.1) is 16.5 Å². The molecule has 0 saturated heterocycles. The first-order chi connectivity index (χ1) is 21.8. The van der Waals surface area contributed by atoms with Gasteiger partial charge in [-0.05, 0) is 69.6 Å². The van der Waals surface area contributed by atoms with Crippen molar-refractivity contribution in [3.05, 3.63) is 168 Å². The molecular formula is C41H25NOS. The van der Waals surface area contributed by atoms with Crippen LogP contribution in [0.4, 0.5) is 11.4 Å². The predicted molar refractivity (Wildman–Crippen MR) is 182 cm³/mol. The van der Waals surface area contributed by atoms with Gasteiger partial charge in [-0.3, -0.25) is 0 Å². The SMILES string of the molecule is c1ccc2c(c1)Sc1ccccc1C21c2ccccc2-c2cccc(Nc3cccc4oc5c6ccccc6ccc5c34)c21. The summed E-state index contributed by atoms with van der Waals surface area (Å²) in [4.78, 5) is 2.61. The van der Waals surface area contributed by atoms with E-state index in [4.69, 9.17) is 4.42 Å². The summed E-state index contributed by atoms with van der Waals surface area (Å²) in [6.45, 7) is 0. The average Bonchev–Trinajstić information content (AvgIpc) is 3.61. The van der Waals surface area contributed by atoms with Crippen LogP contribution in [0.3, 0.4) is 0 Å². The standard InChI is InChI=1S/C41H25NOS/c1-2-12-26-25(11-1)23-24-29-38-33(18-10-20-35(38)43-40(26)29)42-34-19-9-14-28-27-13-3-4-15-30(27)41(39(28)34)31-16-5-7-21-36(31)44-37-22-8-6-17-32(37)41/h1-24,42H. The number of benzene rings is 7. The molecule has 2 heterocycles. The lowest BCUT2D eigenvalue weighted by atomic mass is 9.67. The van der Waals surface area contributed by atoms with Crippen molar-refractivity contribution in [2.24, 2.45) is 0 Å². The van der Waals surface area contributed by atoms with Crippen LogP contribution in [0.15, 0.2) is 160 Å². The fourth-order valence-electron chi connectivity index (χ4n) is 7.82. The summed E-state index contributed by atoms with van der Waals surface area (Å²) >= 11 is 1.87. The second kappa shape index (κ2) is 8.89. The van der Waals surface area contributed by atoms with Crippen LogP contribution in [0.5, 0.6) is 0 Å². The van der Waals surface area contributed by atoms with Crippen molar-refractivity contribution in [3.63, 3.8) is 0 Å². The number of anilines is 2. The Balaban J connectivity index is 1.28. The lowest BCUT2D eigenvalue weighted by molar-refractivity contribution is 0.673. The second-order valence-corrected chi connectivity index (χ2v) is 12.8. The van der Waals surface area contributed by atoms with Gasteiger partial charge in [-0.25, -0.2) is 0 Å². The van der Waals surface area contributed by atoms with Gasteiger partial charge in [-0.15, -0.1) is 0 Å². The molecule has 44 heavy (non-hydrogen) atoms. The minimum absolute atomic E-state index is 0.448. The molecule has 0 fully saturated rings. The molecule has 10 rings (SSSR count). The Bertz CT molecular complexity index is 2430. The Hall–Kier alpha value is -5.25. The van der Waals surface area contributed by atoms with E-state index in [1.165, 1.54) is 48.6 Å². The number of furan rings is 1. The third-order valence-corrected chi connectivity index (χ3v) is 10.7. The van der Waals surface area contributed by atoms with Crippen LogP contribution in [0.2, 0.25) is 0 Å². The van der Waals surface area contributed by atoms with E-state index in [2.05, 4.69) is 151 Å². The summed E-state index contributed by atoms with van der Waals surface area (Å²) in [6, 6.07) is 52.8. The van der Waals surface area contributed by atoms with Crippen molar-refractivity contribution in [3.8, 4) is 11.1 Å². The maximum absolute atomic E-state index is 6.55. The molecule has 3 heteroatoms. The van der Waals surface area contributed by atoms with Crippen molar-refractivity contribution in [1.29, 1.82) is 0 Å². The maximum Gasteiger partial charge on any atom is 0.143 e. The van der Waals surface area contributed by atoms with Gasteiger partial charge in [0, 0.05) is 31.8 Å². The van der Waals surface area contributed by atoms with Crippen molar-refractivity contribution < 1.29 is 4.42 Å². The first-order valence-corrected chi connectivity index (χ1v) is 15.8. The molecule has 0 unspecified atom stereocenters. The van der Waals surface area contributed by atoms with Crippen LogP contribution in [0.1, 0.15) is 22.3 Å². The number of nitrogens with one attached hydrogen (secondary N) is 1. The third-order valence-electron chi connectivity index (χ3n) is 9.52. The molecule has 2 nitrogen and oxygen atoms in total. The third kappa shape index (κ3) is 3.07. The Morgan fingerprint density at radius 3 is 2.00 bits per heavy atom. The minimum Gasteiger partial charge on any atom is -0.455 e. The predicted octanol–water partition coefficient (Wildman–Crippen LogP) is 11.3. The first kappa shape index (κ1) is 24.2. The maximum atomic E-state index is 6.55. The molecule has 2 aliphatic rings. The van der Waals surface area contributed by atoms with E-state index >= 15 is 0 Å². The van der Waals surface area contributed by atoms with Gasteiger partial charge in [-0.2, -0.15) is 0 Å². The smallest absolute Gasteiger partial charge is 0.143 e. The molecule has 8 aromatic rings. The average molecular weight is 580 g/mol. The van der Waals surface area contributed by atoms with Gasteiger partial charge in [0.25, 0.3) is 0 Å². The van der Waals surface area contributed by atoms with Crippen molar-refractivity contribution in [2.45, 2.75) is 15.2 Å². The van der Waals surface area contributed by atoms with Gasteiger partial charge >= 0.3 is 0 Å². The van der Waals surface area contributed by atoms with E-state index in [1.807, 2.05) is 11.8 Å². The Morgan fingerprint density at radius 1 is 0.500 bits per heavy atom. The number of fused-ring (bicyclic) bond motifs is 14. The molecule has 1 aromatic heterocycles. The summed E-state index contributed by atoms with van der Waals surface area (Å²) in [5, 5.41) is 8.52. The molecule has 0 bridgehead atoms. The molecule has 1 aliphatic carbocycles. The highest BCUT2D eigenvalue weighted by Crippen LogP contribution is 2.63. The van der Waals surface area contributed by atoms with Gasteiger partial charge in [-0.1, -0.05) is 121 Å². The molecule has 1 aliphatic heterocycles. The van der Waals surface area contributed by atoms with Gasteiger partial charge < -0.3 is 9.73 Å². The topological polar surface area (TPSA) is 25.2 Å². The molecule has 0 radical (unpaired) electrons. The highest BCUT2D eigenvalue weighted by atomic mass is 32.2. The van der Waals surface area contributed by atoms with Crippen LogP contribution in [-0.2, 0) is 5.41 Å². The second-order valence-electron chi connectivity index (χ2n) is 11.7. The molecule has 206 valence electrons. The van der Waals surface area contributed by atoms with Crippen molar-refractivity contribution >= 4 is 55.8 Å². The van der Waals surface area contributed by atoms with Crippen LogP contribution >= 0.6 is 11.8 Å². The zero-order valence-corrected chi connectivity index (χ0v) is 24.5. The van der Waals surface area contributed by atoms with E-state index in [0.717, 1.165) is 38.7 Å². The van der Waals surface area contributed by atoms with E-state index in [-0.39, 0.29) is 0 Å². The van der Waals surface area contributed by atoms with E-state index in [0.29, 0.717) is 0 Å². The molecule has 7 aromatic carbocycles. The van der Waals surface area contributed by atoms with Crippen LogP contribution < -0.4 is 5.32 Å². The highest BCUT2D eigenvalue weighted by Gasteiger charge is 2.51. The quantitative estimate of drug-likeness (QED) is 0.220. The van der Waals surface area contributed by atoms with E-state index in [9.17, 15) is 0 Å². The van der Waals surface area contributed by atoms with Crippen LogP contribution in [0.25, 0.3) is 43.8 Å². The minimum atomic E-state index is -0.448. The molecule has 0 atom stereocenters. The zero-order chi connectivity index (χ0) is 28.8. The normalized spacial score (nSPS) is 14.0. The summed E-state index contributed by atoms with van der Waals surface area (Å²) < 4.78 is 6.55. The van der Waals surface area contributed by atoms with Gasteiger partial charge in [0.15, 0.2) is 0 Å². The largest absolute Gasteiger partial charge is 0.455 e. The van der Waals surface area contributed by atoms with E-state index in [1.54, 1.807) is 0 Å². The zero-order valence-electron chi connectivity index (χ0n) is 23.7. The molecule has 1 spiro atoms. The monoisotopic (exact) mass is 579 g/mol. The first-order valence-electron chi connectivity index (χ1n) is 15.0.